The summed E-state index contributed by atoms with van der Waals surface area (Å²) >= 11 is 0. The summed E-state index contributed by atoms with van der Waals surface area (Å²) in [6.07, 6.45) is 5.09. The van der Waals surface area contributed by atoms with Gasteiger partial charge in [-0.05, 0) is 43.6 Å². The Balaban J connectivity index is 1.97. The van der Waals surface area contributed by atoms with Gasteiger partial charge in [-0.2, -0.15) is 0 Å². The fourth-order valence-electron chi connectivity index (χ4n) is 2.91. The van der Waals surface area contributed by atoms with Crippen LogP contribution in [0.5, 0.6) is 0 Å². The number of allylic oxidation sites excluding steroid dienone is 2. The van der Waals surface area contributed by atoms with Gasteiger partial charge in [-0.25, -0.2) is 0 Å². The summed E-state index contributed by atoms with van der Waals surface area (Å²) in [4.78, 5) is 0. The van der Waals surface area contributed by atoms with Crippen LogP contribution in [-0.4, -0.2) is 11.2 Å². The van der Waals surface area contributed by atoms with E-state index in [1.54, 1.807) is 0 Å². The average molecular weight is 230 g/mol. The molecule has 1 nitrogen and oxygen atoms in total. The Bertz CT molecular complexity index is 380. The van der Waals surface area contributed by atoms with Crippen LogP contribution in [-0.2, 0) is 6.42 Å². The lowest BCUT2D eigenvalue weighted by atomic mass is 9.79. The molecule has 0 amide bonds. The maximum absolute atomic E-state index is 10.3. The Kier molecular flexibility index (Phi) is 4.01. The van der Waals surface area contributed by atoms with Gasteiger partial charge < -0.3 is 5.11 Å². The van der Waals surface area contributed by atoms with E-state index in [1.807, 2.05) is 18.2 Å². The first-order valence-corrected chi connectivity index (χ1v) is 6.54. The molecule has 0 fully saturated rings. The topological polar surface area (TPSA) is 20.2 Å². The van der Waals surface area contributed by atoms with Crippen molar-refractivity contribution in [2.24, 2.45) is 11.8 Å². The Morgan fingerprint density at radius 2 is 2.00 bits per heavy atom. The van der Waals surface area contributed by atoms with E-state index in [9.17, 15) is 5.11 Å². The predicted molar refractivity (Wildman–Crippen MR) is 71.8 cm³/mol. The lowest BCUT2D eigenvalue weighted by molar-refractivity contribution is 0.0932. The molecule has 1 aromatic carbocycles. The summed E-state index contributed by atoms with van der Waals surface area (Å²) < 4.78 is 0. The number of aliphatic hydroxyl groups is 1. The van der Waals surface area contributed by atoms with Crippen molar-refractivity contribution in [1.29, 1.82) is 0 Å². The molecule has 2 rings (SSSR count). The van der Waals surface area contributed by atoms with Crippen molar-refractivity contribution >= 4 is 0 Å². The van der Waals surface area contributed by atoms with Gasteiger partial charge in [0.25, 0.3) is 0 Å². The number of benzene rings is 1. The van der Waals surface area contributed by atoms with Crippen LogP contribution >= 0.6 is 0 Å². The number of hydrogen-bond acceptors (Lipinski definition) is 1. The smallest absolute Gasteiger partial charge is 0.0611 e. The Morgan fingerprint density at radius 1 is 1.29 bits per heavy atom. The highest BCUT2D eigenvalue weighted by Gasteiger charge is 2.24. The van der Waals surface area contributed by atoms with Crippen LogP contribution < -0.4 is 0 Å². The molecule has 1 aliphatic rings. The molecule has 0 heterocycles. The second-order valence-corrected chi connectivity index (χ2v) is 5.45. The van der Waals surface area contributed by atoms with Crippen LogP contribution in [0.2, 0.25) is 0 Å². The van der Waals surface area contributed by atoms with Crippen molar-refractivity contribution in [3.8, 4) is 0 Å². The Morgan fingerprint density at radius 3 is 2.65 bits per heavy atom. The quantitative estimate of drug-likeness (QED) is 0.787. The van der Waals surface area contributed by atoms with E-state index < -0.39 is 0 Å². The third kappa shape index (κ3) is 3.44. The van der Waals surface area contributed by atoms with Crippen LogP contribution in [0.4, 0.5) is 0 Å². The Hall–Kier alpha value is -1.08. The second kappa shape index (κ2) is 5.50. The minimum atomic E-state index is -0.205. The second-order valence-electron chi connectivity index (χ2n) is 5.45. The minimum absolute atomic E-state index is 0.205. The van der Waals surface area contributed by atoms with Gasteiger partial charge in [0.15, 0.2) is 0 Å². The van der Waals surface area contributed by atoms with E-state index in [4.69, 9.17) is 0 Å². The van der Waals surface area contributed by atoms with Gasteiger partial charge in [-0.1, -0.05) is 48.9 Å². The van der Waals surface area contributed by atoms with E-state index in [0.717, 1.165) is 19.3 Å². The number of hydrogen-bond donors (Lipinski definition) is 1. The molecule has 0 saturated carbocycles. The largest absolute Gasteiger partial charge is 0.392 e. The monoisotopic (exact) mass is 230 g/mol. The van der Waals surface area contributed by atoms with Crippen molar-refractivity contribution < 1.29 is 5.11 Å². The number of rotatable bonds is 3. The van der Waals surface area contributed by atoms with E-state index in [1.165, 1.54) is 11.1 Å². The molecule has 1 aromatic rings. The van der Waals surface area contributed by atoms with Crippen LogP contribution in [0.1, 0.15) is 32.3 Å². The normalized spacial score (nSPS) is 26.4. The van der Waals surface area contributed by atoms with E-state index in [-0.39, 0.29) is 6.10 Å². The van der Waals surface area contributed by atoms with Crippen LogP contribution in [0.15, 0.2) is 42.0 Å². The molecule has 0 radical (unpaired) electrons. The molecule has 1 heteroatoms. The first-order chi connectivity index (χ1) is 8.15. The molecule has 1 aliphatic carbocycles. The predicted octanol–water partition coefficient (Wildman–Crippen LogP) is 3.58. The van der Waals surface area contributed by atoms with E-state index in [0.29, 0.717) is 11.8 Å². The third-order valence-electron chi connectivity index (χ3n) is 3.66. The summed E-state index contributed by atoms with van der Waals surface area (Å²) in [5, 5.41) is 10.3. The molecule has 92 valence electrons. The maximum Gasteiger partial charge on any atom is 0.0611 e. The van der Waals surface area contributed by atoms with Crippen LogP contribution in [0.3, 0.4) is 0 Å². The SMILES string of the molecule is CC1=CC(C)CC(C(O)Cc2ccccc2)C1. The Labute approximate surface area is 104 Å². The number of aliphatic hydroxyl groups excluding tert-OH is 1. The zero-order valence-electron chi connectivity index (χ0n) is 10.8. The maximum atomic E-state index is 10.3. The standard InChI is InChI=1S/C16H22O/c1-12-8-13(2)10-15(9-12)16(17)11-14-6-4-3-5-7-14/h3-8,12,15-17H,9-11H2,1-2H3. The molecule has 17 heavy (non-hydrogen) atoms. The van der Waals surface area contributed by atoms with Crippen LogP contribution in [0.25, 0.3) is 0 Å². The summed E-state index contributed by atoms with van der Waals surface area (Å²) in [6.45, 7) is 4.42. The molecule has 3 unspecified atom stereocenters. The summed E-state index contributed by atoms with van der Waals surface area (Å²) in [5.74, 6) is 1.04. The molecule has 0 saturated heterocycles. The van der Waals surface area contributed by atoms with E-state index in [2.05, 4.69) is 32.1 Å². The lowest BCUT2D eigenvalue weighted by Crippen LogP contribution is -2.27. The highest BCUT2D eigenvalue weighted by atomic mass is 16.3. The summed E-state index contributed by atoms with van der Waals surface area (Å²) in [6, 6.07) is 10.3. The van der Waals surface area contributed by atoms with Crippen LogP contribution in [0, 0.1) is 11.8 Å². The minimum Gasteiger partial charge on any atom is -0.392 e. The zero-order valence-corrected chi connectivity index (χ0v) is 10.8. The fraction of sp³-hybridized carbons (Fsp3) is 0.500. The fourth-order valence-corrected chi connectivity index (χ4v) is 2.91. The summed E-state index contributed by atoms with van der Waals surface area (Å²) in [5.41, 5.74) is 2.67. The third-order valence-corrected chi connectivity index (χ3v) is 3.66. The van der Waals surface area contributed by atoms with Gasteiger partial charge >= 0.3 is 0 Å². The zero-order chi connectivity index (χ0) is 12.3. The highest BCUT2D eigenvalue weighted by Crippen LogP contribution is 2.31. The summed E-state index contributed by atoms with van der Waals surface area (Å²) in [7, 11) is 0. The van der Waals surface area contributed by atoms with Gasteiger partial charge in [0.1, 0.15) is 0 Å². The van der Waals surface area contributed by atoms with Gasteiger partial charge in [0, 0.05) is 0 Å². The molecule has 3 atom stereocenters. The molecule has 0 spiro atoms. The van der Waals surface area contributed by atoms with Gasteiger partial charge in [0.2, 0.25) is 0 Å². The molecular weight excluding hydrogens is 208 g/mol. The van der Waals surface area contributed by atoms with Crippen molar-refractivity contribution in [2.45, 2.75) is 39.2 Å². The van der Waals surface area contributed by atoms with Crippen molar-refractivity contribution in [1.82, 2.24) is 0 Å². The lowest BCUT2D eigenvalue weighted by Gasteiger charge is -2.29. The highest BCUT2D eigenvalue weighted by molar-refractivity contribution is 5.16. The van der Waals surface area contributed by atoms with Gasteiger partial charge in [-0.15, -0.1) is 0 Å². The van der Waals surface area contributed by atoms with Crippen molar-refractivity contribution in [3.63, 3.8) is 0 Å². The first-order valence-electron chi connectivity index (χ1n) is 6.54. The average Bonchev–Trinajstić information content (AvgIpc) is 2.29. The van der Waals surface area contributed by atoms with Crippen molar-refractivity contribution in [2.75, 3.05) is 0 Å². The first kappa shape index (κ1) is 12.4. The molecule has 0 bridgehead atoms. The van der Waals surface area contributed by atoms with Crippen molar-refractivity contribution in [3.05, 3.63) is 47.5 Å². The van der Waals surface area contributed by atoms with Gasteiger partial charge in [0.05, 0.1) is 6.10 Å². The molecule has 0 aliphatic heterocycles. The molecule has 1 N–H and O–H groups in total. The molecular formula is C16H22O. The van der Waals surface area contributed by atoms with Gasteiger partial charge in [-0.3, -0.25) is 0 Å². The molecule has 0 aromatic heterocycles. The van der Waals surface area contributed by atoms with E-state index >= 15 is 0 Å².